The van der Waals surface area contributed by atoms with Crippen LogP contribution in [0.25, 0.3) is 0 Å². The zero-order valence-electron chi connectivity index (χ0n) is 9.26. The lowest BCUT2D eigenvalue weighted by atomic mass is 10.1. The number of halogens is 1. The standard InChI is InChI=1S/C12H17ClN2/c1-9(2)8-15-7-6-14-12-10(13)4-3-5-11(12)15/h3-5,9,14H,6-8H2,1-2H3. The van der Waals surface area contributed by atoms with E-state index in [9.17, 15) is 0 Å². The molecule has 2 nitrogen and oxygen atoms in total. The van der Waals surface area contributed by atoms with Gasteiger partial charge >= 0.3 is 0 Å². The van der Waals surface area contributed by atoms with Crippen LogP contribution in [0.15, 0.2) is 18.2 Å². The molecule has 3 heteroatoms. The van der Waals surface area contributed by atoms with Gasteiger partial charge in [-0.3, -0.25) is 0 Å². The normalized spacial score (nSPS) is 15.1. The number of fused-ring (bicyclic) bond motifs is 1. The third kappa shape index (κ3) is 2.20. The first-order valence-corrected chi connectivity index (χ1v) is 5.83. The maximum absolute atomic E-state index is 6.15. The maximum atomic E-state index is 6.15. The van der Waals surface area contributed by atoms with Gasteiger partial charge in [-0.25, -0.2) is 0 Å². The molecule has 0 aromatic heterocycles. The number of benzene rings is 1. The van der Waals surface area contributed by atoms with Gasteiger partial charge in [-0.1, -0.05) is 31.5 Å². The number of para-hydroxylation sites is 1. The monoisotopic (exact) mass is 224 g/mol. The molecule has 0 radical (unpaired) electrons. The molecule has 0 unspecified atom stereocenters. The largest absolute Gasteiger partial charge is 0.380 e. The summed E-state index contributed by atoms with van der Waals surface area (Å²) in [6.07, 6.45) is 0. The van der Waals surface area contributed by atoms with Crippen molar-refractivity contribution in [2.45, 2.75) is 13.8 Å². The first kappa shape index (κ1) is 10.6. The highest BCUT2D eigenvalue weighted by molar-refractivity contribution is 6.34. The third-order valence-electron chi connectivity index (χ3n) is 2.60. The number of nitrogens with zero attached hydrogens (tertiary/aromatic N) is 1. The van der Waals surface area contributed by atoms with Gasteiger partial charge in [0.25, 0.3) is 0 Å². The van der Waals surface area contributed by atoms with Crippen molar-refractivity contribution in [1.82, 2.24) is 0 Å². The average Bonchev–Trinajstić information content (AvgIpc) is 2.19. The van der Waals surface area contributed by atoms with E-state index in [4.69, 9.17) is 11.6 Å². The van der Waals surface area contributed by atoms with E-state index in [0.717, 1.165) is 30.3 Å². The second kappa shape index (κ2) is 4.31. The topological polar surface area (TPSA) is 15.3 Å². The predicted molar refractivity (Wildman–Crippen MR) is 67.0 cm³/mol. The van der Waals surface area contributed by atoms with Crippen LogP contribution >= 0.6 is 11.6 Å². The molecule has 15 heavy (non-hydrogen) atoms. The van der Waals surface area contributed by atoms with Gasteiger partial charge in [-0.2, -0.15) is 0 Å². The van der Waals surface area contributed by atoms with E-state index in [0.29, 0.717) is 5.92 Å². The summed E-state index contributed by atoms with van der Waals surface area (Å²) in [4.78, 5) is 2.41. The van der Waals surface area contributed by atoms with E-state index in [1.807, 2.05) is 12.1 Å². The van der Waals surface area contributed by atoms with E-state index in [1.54, 1.807) is 0 Å². The second-order valence-electron chi connectivity index (χ2n) is 4.40. The molecule has 0 amide bonds. The first-order chi connectivity index (χ1) is 7.18. The first-order valence-electron chi connectivity index (χ1n) is 5.46. The maximum Gasteiger partial charge on any atom is 0.0767 e. The van der Waals surface area contributed by atoms with Crippen LogP contribution in [0.5, 0.6) is 0 Å². The van der Waals surface area contributed by atoms with E-state index < -0.39 is 0 Å². The van der Waals surface area contributed by atoms with Crippen LogP contribution in [0.4, 0.5) is 11.4 Å². The third-order valence-corrected chi connectivity index (χ3v) is 2.92. The molecule has 82 valence electrons. The van der Waals surface area contributed by atoms with Gasteiger partial charge in [0, 0.05) is 19.6 Å². The summed E-state index contributed by atoms with van der Waals surface area (Å²) in [6, 6.07) is 6.09. The summed E-state index contributed by atoms with van der Waals surface area (Å²) >= 11 is 6.15. The molecule has 1 aromatic rings. The Bertz CT molecular complexity index is 349. The quantitative estimate of drug-likeness (QED) is 0.830. The highest BCUT2D eigenvalue weighted by Crippen LogP contribution is 2.35. The van der Waals surface area contributed by atoms with Crippen LogP contribution in [0.3, 0.4) is 0 Å². The Morgan fingerprint density at radius 2 is 2.27 bits per heavy atom. The summed E-state index contributed by atoms with van der Waals surface area (Å²) in [5, 5.41) is 4.18. The summed E-state index contributed by atoms with van der Waals surface area (Å²) < 4.78 is 0. The van der Waals surface area contributed by atoms with Gasteiger partial charge in [0.2, 0.25) is 0 Å². The number of hydrogen-bond donors (Lipinski definition) is 1. The molecule has 2 rings (SSSR count). The molecule has 0 aliphatic carbocycles. The molecule has 0 saturated carbocycles. The zero-order valence-corrected chi connectivity index (χ0v) is 10.0. The Kier molecular flexibility index (Phi) is 3.06. The highest BCUT2D eigenvalue weighted by atomic mass is 35.5. The number of nitrogens with one attached hydrogen (secondary N) is 1. The van der Waals surface area contributed by atoms with Gasteiger partial charge in [-0.05, 0) is 18.1 Å². The van der Waals surface area contributed by atoms with Crippen LogP contribution in [0, 0.1) is 5.92 Å². The summed E-state index contributed by atoms with van der Waals surface area (Å²) in [5.41, 5.74) is 2.33. The van der Waals surface area contributed by atoms with E-state index >= 15 is 0 Å². The minimum atomic E-state index is 0.676. The molecule has 1 aromatic carbocycles. The molecule has 0 bridgehead atoms. The molecule has 1 N–H and O–H groups in total. The summed E-state index contributed by atoms with van der Waals surface area (Å²) in [6.45, 7) is 7.61. The van der Waals surface area contributed by atoms with Crippen LogP contribution in [0.1, 0.15) is 13.8 Å². The lowest BCUT2D eigenvalue weighted by Gasteiger charge is -2.33. The summed E-state index contributed by atoms with van der Waals surface area (Å²) in [7, 11) is 0. The molecule has 0 atom stereocenters. The number of anilines is 2. The minimum Gasteiger partial charge on any atom is -0.380 e. The van der Waals surface area contributed by atoms with Crippen LogP contribution in [0.2, 0.25) is 5.02 Å². The fraction of sp³-hybridized carbons (Fsp3) is 0.500. The van der Waals surface area contributed by atoms with Crippen molar-refractivity contribution >= 4 is 23.0 Å². The van der Waals surface area contributed by atoms with Crippen molar-refractivity contribution in [2.24, 2.45) is 5.92 Å². The highest BCUT2D eigenvalue weighted by Gasteiger charge is 2.18. The average molecular weight is 225 g/mol. The Morgan fingerprint density at radius 3 is 3.00 bits per heavy atom. The van der Waals surface area contributed by atoms with Crippen molar-refractivity contribution in [3.05, 3.63) is 23.2 Å². The zero-order chi connectivity index (χ0) is 10.8. The number of rotatable bonds is 2. The minimum absolute atomic E-state index is 0.676. The lowest BCUT2D eigenvalue weighted by Crippen LogP contribution is -2.36. The molecule has 1 aliphatic heterocycles. The Labute approximate surface area is 96.2 Å². The van der Waals surface area contributed by atoms with Crippen molar-refractivity contribution < 1.29 is 0 Å². The molecule has 0 spiro atoms. The SMILES string of the molecule is CC(C)CN1CCNc2c(Cl)cccc21. The lowest BCUT2D eigenvalue weighted by molar-refractivity contribution is 0.610. The van der Waals surface area contributed by atoms with Gasteiger partial charge in [0.1, 0.15) is 0 Å². The Balaban J connectivity index is 2.30. The molecule has 0 saturated heterocycles. The van der Waals surface area contributed by atoms with E-state index in [1.165, 1.54) is 5.69 Å². The molecule has 1 aliphatic rings. The smallest absolute Gasteiger partial charge is 0.0767 e. The van der Waals surface area contributed by atoms with E-state index in [2.05, 4.69) is 30.1 Å². The Morgan fingerprint density at radius 1 is 1.47 bits per heavy atom. The van der Waals surface area contributed by atoms with Gasteiger partial charge in [-0.15, -0.1) is 0 Å². The molecule has 0 fully saturated rings. The fourth-order valence-electron chi connectivity index (χ4n) is 2.02. The predicted octanol–water partition coefficient (Wildman–Crippen LogP) is 3.23. The van der Waals surface area contributed by atoms with Crippen molar-refractivity contribution in [3.63, 3.8) is 0 Å². The summed E-state index contributed by atoms with van der Waals surface area (Å²) in [5.74, 6) is 0.676. The van der Waals surface area contributed by atoms with Crippen molar-refractivity contribution in [3.8, 4) is 0 Å². The second-order valence-corrected chi connectivity index (χ2v) is 4.81. The molecule has 1 heterocycles. The van der Waals surface area contributed by atoms with Crippen LogP contribution < -0.4 is 10.2 Å². The fourth-order valence-corrected chi connectivity index (χ4v) is 2.25. The van der Waals surface area contributed by atoms with Crippen LogP contribution in [-0.4, -0.2) is 19.6 Å². The molecular weight excluding hydrogens is 208 g/mol. The van der Waals surface area contributed by atoms with Crippen LogP contribution in [-0.2, 0) is 0 Å². The van der Waals surface area contributed by atoms with Gasteiger partial charge in [0.15, 0.2) is 0 Å². The molecular formula is C12H17ClN2. The number of hydrogen-bond acceptors (Lipinski definition) is 2. The van der Waals surface area contributed by atoms with Crippen molar-refractivity contribution in [2.75, 3.05) is 29.9 Å². The van der Waals surface area contributed by atoms with Gasteiger partial charge < -0.3 is 10.2 Å². The van der Waals surface area contributed by atoms with Crippen molar-refractivity contribution in [1.29, 1.82) is 0 Å². The van der Waals surface area contributed by atoms with Gasteiger partial charge in [0.05, 0.1) is 16.4 Å². The Hall–Kier alpha value is -0.890. The van der Waals surface area contributed by atoms with E-state index in [-0.39, 0.29) is 0 Å².